The topological polar surface area (TPSA) is 41.1 Å². The first-order valence-corrected chi connectivity index (χ1v) is 7.33. The Balaban J connectivity index is 3.01. The molecule has 0 saturated heterocycles. The molecule has 3 nitrogen and oxygen atoms in total. The molecule has 0 aromatic carbocycles. The lowest BCUT2D eigenvalue weighted by Gasteiger charge is -2.05. The average molecular weight is 242 g/mol. The van der Waals surface area contributed by atoms with Crippen LogP contribution in [0.5, 0.6) is 0 Å². The second-order valence-corrected chi connectivity index (χ2v) is 4.61. The minimum atomic E-state index is -0.0351. The van der Waals surface area contributed by atoms with Gasteiger partial charge in [-0.1, -0.05) is 58.3 Å². The molecule has 0 spiro atoms. The van der Waals surface area contributed by atoms with E-state index in [2.05, 4.69) is 17.6 Å². The molecular formula is C14H30N2O. The molecule has 0 fully saturated rings. The SMILES string of the molecule is CCCCCCCCCCCNC(=O)NCC. The highest BCUT2D eigenvalue weighted by Gasteiger charge is 1.96. The summed E-state index contributed by atoms with van der Waals surface area (Å²) in [5.41, 5.74) is 0. The van der Waals surface area contributed by atoms with Crippen molar-refractivity contribution in [3.8, 4) is 0 Å². The number of rotatable bonds is 11. The van der Waals surface area contributed by atoms with Gasteiger partial charge in [0, 0.05) is 13.1 Å². The molecule has 0 rings (SSSR count). The Morgan fingerprint density at radius 3 is 1.82 bits per heavy atom. The molecule has 0 aliphatic carbocycles. The summed E-state index contributed by atoms with van der Waals surface area (Å²) in [6.07, 6.45) is 11.9. The summed E-state index contributed by atoms with van der Waals surface area (Å²) in [6, 6.07) is -0.0351. The minimum Gasteiger partial charge on any atom is -0.338 e. The fourth-order valence-electron chi connectivity index (χ4n) is 1.86. The first-order valence-electron chi connectivity index (χ1n) is 7.33. The Kier molecular flexibility index (Phi) is 12.8. The molecule has 0 saturated carbocycles. The van der Waals surface area contributed by atoms with E-state index in [4.69, 9.17) is 0 Å². The van der Waals surface area contributed by atoms with E-state index in [1.54, 1.807) is 0 Å². The summed E-state index contributed by atoms with van der Waals surface area (Å²) in [4.78, 5) is 11.1. The first kappa shape index (κ1) is 16.3. The second kappa shape index (κ2) is 13.3. The Labute approximate surface area is 107 Å². The molecule has 2 amide bonds. The predicted octanol–water partition coefficient (Wildman–Crippen LogP) is 3.84. The normalized spacial score (nSPS) is 10.2. The van der Waals surface area contributed by atoms with Crippen molar-refractivity contribution in [2.75, 3.05) is 13.1 Å². The van der Waals surface area contributed by atoms with Crippen LogP contribution >= 0.6 is 0 Å². The Morgan fingerprint density at radius 1 is 0.765 bits per heavy atom. The van der Waals surface area contributed by atoms with Gasteiger partial charge >= 0.3 is 6.03 Å². The molecule has 0 atom stereocenters. The van der Waals surface area contributed by atoms with Crippen molar-refractivity contribution in [2.45, 2.75) is 71.6 Å². The molecule has 0 aliphatic rings. The summed E-state index contributed by atoms with van der Waals surface area (Å²) >= 11 is 0. The molecule has 0 aromatic heterocycles. The smallest absolute Gasteiger partial charge is 0.314 e. The van der Waals surface area contributed by atoms with Crippen molar-refractivity contribution < 1.29 is 4.79 Å². The van der Waals surface area contributed by atoms with E-state index >= 15 is 0 Å². The zero-order chi connectivity index (χ0) is 12.8. The maximum absolute atomic E-state index is 11.1. The highest BCUT2D eigenvalue weighted by Crippen LogP contribution is 2.09. The van der Waals surface area contributed by atoms with Gasteiger partial charge in [0.1, 0.15) is 0 Å². The number of unbranched alkanes of at least 4 members (excludes halogenated alkanes) is 8. The van der Waals surface area contributed by atoms with Crippen molar-refractivity contribution in [1.29, 1.82) is 0 Å². The van der Waals surface area contributed by atoms with Crippen LogP contribution in [0.4, 0.5) is 4.79 Å². The van der Waals surface area contributed by atoms with Crippen molar-refractivity contribution in [1.82, 2.24) is 10.6 Å². The van der Waals surface area contributed by atoms with E-state index in [0.29, 0.717) is 6.54 Å². The van der Waals surface area contributed by atoms with Crippen LogP contribution in [0.25, 0.3) is 0 Å². The van der Waals surface area contributed by atoms with E-state index in [0.717, 1.165) is 13.0 Å². The van der Waals surface area contributed by atoms with E-state index in [1.807, 2.05) is 6.92 Å². The highest BCUT2D eigenvalue weighted by atomic mass is 16.2. The van der Waals surface area contributed by atoms with Gasteiger partial charge in [-0.25, -0.2) is 4.79 Å². The van der Waals surface area contributed by atoms with Crippen LogP contribution in [0.3, 0.4) is 0 Å². The van der Waals surface area contributed by atoms with Crippen molar-refractivity contribution in [3.63, 3.8) is 0 Å². The number of hydrogen-bond donors (Lipinski definition) is 2. The molecule has 17 heavy (non-hydrogen) atoms. The standard InChI is InChI=1S/C14H30N2O/c1-3-5-6-7-8-9-10-11-12-13-16-14(17)15-4-2/h3-13H2,1-2H3,(H2,15,16,17). The number of carbonyl (C=O) groups is 1. The summed E-state index contributed by atoms with van der Waals surface area (Å²) < 4.78 is 0. The Hall–Kier alpha value is -0.730. The second-order valence-electron chi connectivity index (χ2n) is 4.61. The summed E-state index contributed by atoms with van der Waals surface area (Å²) in [7, 11) is 0. The molecule has 0 bridgehead atoms. The molecule has 0 aromatic rings. The van der Waals surface area contributed by atoms with Crippen molar-refractivity contribution in [2.24, 2.45) is 0 Å². The number of amides is 2. The van der Waals surface area contributed by atoms with Crippen LogP contribution in [0.15, 0.2) is 0 Å². The quantitative estimate of drug-likeness (QED) is 0.531. The molecule has 0 radical (unpaired) electrons. The predicted molar refractivity (Wildman–Crippen MR) is 74.3 cm³/mol. The molecule has 102 valence electrons. The lowest BCUT2D eigenvalue weighted by molar-refractivity contribution is 0.241. The number of nitrogens with one attached hydrogen (secondary N) is 2. The van der Waals surface area contributed by atoms with Crippen molar-refractivity contribution >= 4 is 6.03 Å². The largest absolute Gasteiger partial charge is 0.338 e. The van der Waals surface area contributed by atoms with Crippen LogP contribution in [0.1, 0.15) is 71.6 Å². The van der Waals surface area contributed by atoms with E-state index in [1.165, 1.54) is 51.4 Å². The monoisotopic (exact) mass is 242 g/mol. The Morgan fingerprint density at radius 2 is 1.29 bits per heavy atom. The lowest BCUT2D eigenvalue weighted by atomic mass is 10.1. The van der Waals surface area contributed by atoms with Gasteiger partial charge in [-0.2, -0.15) is 0 Å². The molecule has 3 heteroatoms. The number of carbonyl (C=O) groups excluding carboxylic acids is 1. The lowest BCUT2D eigenvalue weighted by Crippen LogP contribution is -2.35. The fraction of sp³-hybridized carbons (Fsp3) is 0.929. The van der Waals surface area contributed by atoms with Crippen LogP contribution < -0.4 is 10.6 Å². The van der Waals surface area contributed by atoms with Crippen LogP contribution in [-0.4, -0.2) is 19.1 Å². The highest BCUT2D eigenvalue weighted by molar-refractivity contribution is 5.73. The third-order valence-corrected chi connectivity index (χ3v) is 2.90. The maximum Gasteiger partial charge on any atom is 0.314 e. The zero-order valence-corrected chi connectivity index (χ0v) is 11.7. The van der Waals surface area contributed by atoms with E-state index in [-0.39, 0.29) is 6.03 Å². The van der Waals surface area contributed by atoms with E-state index < -0.39 is 0 Å². The first-order chi connectivity index (χ1) is 8.31. The van der Waals surface area contributed by atoms with E-state index in [9.17, 15) is 4.79 Å². The molecule has 0 aliphatic heterocycles. The van der Waals surface area contributed by atoms with Gasteiger partial charge in [0.2, 0.25) is 0 Å². The fourth-order valence-corrected chi connectivity index (χ4v) is 1.86. The van der Waals surface area contributed by atoms with Gasteiger partial charge in [-0.05, 0) is 13.3 Å². The summed E-state index contributed by atoms with van der Waals surface area (Å²) in [5, 5.41) is 5.58. The minimum absolute atomic E-state index is 0.0351. The third-order valence-electron chi connectivity index (χ3n) is 2.90. The molecule has 0 heterocycles. The van der Waals surface area contributed by atoms with Gasteiger partial charge in [0.25, 0.3) is 0 Å². The Bertz CT molecular complexity index is 172. The third kappa shape index (κ3) is 13.2. The van der Waals surface area contributed by atoms with Crippen LogP contribution in [0, 0.1) is 0 Å². The molecule has 2 N–H and O–H groups in total. The van der Waals surface area contributed by atoms with Gasteiger partial charge in [-0.15, -0.1) is 0 Å². The van der Waals surface area contributed by atoms with Crippen LogP contribution in [0.2, 0.25) is 0 Å². The molecular weight excluding hydrogens is 212 g/mol. The average Bonchev–Trinajstić information content (AvgIpc) is 2.32. The van der Waals surface area contributed by atoms with Gasteiger partial charge in [0.05, 0.1) is 0 Å². The summed E-state index contributed by atoms with van der Waals surface area (Å²) in [6.45, 7) is 5.69. The van der Waals surface area contributed by atoms with Gasteiger partial charge in [0.15, 0.2) is 0 Å². The number of hydrogen-bond acceptors (Lipinski definition) is 1. The van der Waals surface area contributed by atoms with Gasteiger partial charge < -0.3 is 10.6 Å². The summed E-state index contributed by atoms with van der Waals surface area (Å²) in [5.74, 6) is 0. The van der Waals surface area contributed by atoms with Crippen LogP contribution in [-0.2, 0) is 0 Å². The maximum atomic E-state index is 11.1. The molecule has 0 unspecified atom stereocenters. The van der Waals surface area contributed by atoms with Gasteiger partial charge in [-0.3, -0.25) is 0 Å². The zero-order valence-electron chi connectivity index (χ0n) is 11.7. The van der Waals surface area contributed by atoms with Crippen molar-refractivity contribution in [3.05, 3.63) is 0 Å². The number of urea groups is 1.